The number of nitriles is 1. The van der Waals surface area contributed by atoms with Crippen molar-refractivity contribution >= 4 is 29.5 Å². The largest absolute Gasteiger partial charge is 0.457 e. The fourth-order valence-electron chi connectivity index (χ4n) is 3.60. The van der Waals surface area contributed by atoms with Gasteiger partial charge in [-0.15, -0.1) is 0 Å². The Hall–Kier alpha value is -3.88. The van der Waals surface area contributed by atoms with Gasteiger partial charge in [0.05, 0.1) is 5.02 Å². The predicted octanol–water partition coefficient (Wildman–Crippen LogP) is 5.43. The van der Waals surface area contributed by atoms with Gasteiger partial charge in [0.2, 0.25) is 0 Å². The highest BCUT2D eigenvalue weighted by molar-refractivity contribution is 6.33. The van der Waals surface area contributed by atoms with Crippen LogP contribution in [0.4, 0.5) is 0 Å². The van der Waals surface area contributed by atoms with Gasteiger partial charge in [-0.3, -0.25) is 14.5 Å². The molecular weight excluding hydrogens is 424 g/mol. The molecule has 0 N–H and O–H groups in total. The maximum absolute atomic E-state index is 13.2. The molecule has 0 aliphatic carbocycles. The van der Waals surface area contributed by atoms with Crippen LogP contribution in [-0.4, -0.2) is 23.3 Å². The van der Waals surface area contributed by atoms with E-state index >= 15 is 0 Å². The molecule has 0 bridgehead atoms. The van der Waals surface area contributed by atoms with Crippen molar-refractivity contribution in [2.75, 3.05) is 6.54 Å². The Morgan fingerprint density at radius 3 is 2.44 bits per heavy atom. The second-order valence-corrected chi connectivity index (χ2v) is 7.76. The van der Waals surface area contributed by atoms with E-state index in [0.717, 1.165) is 16.0 Å². The number of amides is 2. The molecule has 6 heteroatoms. The molecule has 1 aliphatic heterocycles. The number of hydrogen-bond donors (Lipinski definition) is 0. The van der Waals surface area contributed by atoms with Crippen molar-refractivity contribution in [2.24, 2.45) is 0 Å². The monoisotopic (exact) mass is 442 g/mol. The number of furan rings is 1. The Morgan fingerprint density at radius 2 is 1.72 bits per heavy atom. The molecule has 0 saturated heterocycles. The Morgan fingerprint density at radius 1 is 1.00 bits per heavy atom. The summed E-state index contributed by atoms with van der Waals surface area (Å²) in [6.45, 7) is 1.78. The van der Waals surface area contributed by atoms with Crippen LogP contribution >= 0.6 is 11.6 Å². The van der Waals surface area contributed by atoms with Gasteiger partial charge in [-0.2, -0.15) is 5.26 Å². The number of benzene rings is 2. The van der Waals surface area contributed by atoms with Crippen LogP contribution in [0.2, 0.25) is 5.02 Å². The lowest BCUT2D eigenvalue weighted by Crippen LogP contribution is -2.43. The topological polar surface area (TPSA) is 74.3 Å². The highest BCUT2D eigenvalue weighted by atomic mass is 35.5. The molecule has 0 unspecified atom stereocenters. The third-order valence-electron chi connectivity index (χ3n) is 5.34. The van der Waals surface area contributed by atoms with Crippen LogP contribution in [0, 0.1) is 11.3 Å². The summed E-state index contributed by atoms with van der Waals surface area (Å²) in [4.78, 5) is 27.1. The standard InChI is InChI=1S/C26H19ClN2O3/c1-17-21(15-19-11-12-24(32-19)20-9-5-6-10-23(20)27)25(30)29(26(31)22(17)16-28)14-13-18-7-3-2-4-8-18/h2-12,15H,13-14H2,1H3/b21-15+. The highest BCUT2D eigenvalue weighted by Crippen LogP contribution is 2.32. The van der Waals surface area contributed by atoms with Gasteiger partial charge in [0.1, 0.15) is 23.2 Å². The fourth-order valence-corrected chi connectivity index (χ4v) is 3.83. The van der Waals surface area contributed by atoms with Crippen molar-refractivity contribution in [2.45, 2.75) is 13.3 Å². The average Bonchev–Trinajstić information content (AvgIpc) is 3.26. The molecule has 0 radical (unpaired) electrons. The second-order valence-electron chi connectivity index (χ2n) is 7.35. The lowest BCUT2D eigenvalue weighted by molar-refractivity contribution is -0.140. The molecule has 1 aliphatic rings. The van der Waals surface area contributed by atoms with Crippen LogP contribution in [0.1, 0.15) is 18.2 Å². The summed E-state index contributed by atoms with van der Waals surface area (Å²) >= 11 is 6.25. The molecular formula is C26H19ClN2O3. The third kappa shape index (κ3) is 4.14. The maximum atomic E-state index is 13.2. The number of rotatable bonds is 5. The number of nitrogens with zero attached hydrogens (tertiary/aromatic N) is 2. The van der Waals surface area contributed by atoms with E-state index < -0.39 is 11.8 Å². The molecule has 2 heterocycles. The molecule has 0 spiro atoms. The smallest absolute Gasteiger partial charge is 0.271 e. The molecule has 0 fully saturated rings. The average molecular weight is 443 g/mol. The first-order chi connectivity index (χ1) is 15.5. The molecule has 158 valence electrons. The summed E-state index contributed by atoms with van der Waals surface area (Å²) in [5.74, 6) is -0.0282. The van der Waals surface area contributed by atoms with Crippen LogP contribution in [0.3, 0.4) is 0 Å². The van der Waals surface area contributed by atoms with Crippen LogP contribution < -0.4 is 0 Å². The minimum absolute atomic E-state index is 0.0400. The van der Waals surface area contributed by atoms with E-state index in [4.69, 9.17) is 16.0 Å². The first kappa shape index (κ1) is 21.4. The zero-order chi connectivity index (χ0) is 22.7. The Kier molecular flexibility index (Phi) is 6.07. The normalized spacial score (nSPS) is 15.4. The Bertz CT molecular complexity index is 1300. The number of carbonyl (C=O) groups excluding carboxylic acids is 2. The predicted molar refractivity (Wildman–Crippen MR) is 122 cm³/mol. The molecule has 4 rings (SSSR count). The zero-order valence-corrected chi connectivity index (χ0v) is 18.1. The molecule has 32 heavy (non-hydrogen) atoms. The number of imide groups is 1. The Labute approximate surface area is 190 Å². The number of hydrogen-bond acceptors (Lipinski definition) is 4. The van der Waals surface area contributed by atoms with Gasteiger partial charge >= 0.3 is 0 Å². The number of halogens is 1. The summed E-state index contributed by atoms with van der Waals surface area (Å²) in [5, 5.41) is 10.1. The van der Waals surface area contributed by atoms with Crippen LogP contribution in [0.25, 0.3) is 17.4 Å². The van der Waals surface area contributed by atoms with Crippen LogP contribution in [0.15, 0.2) is 87.9 Å². The van der Waals surface area contributed by atoms with E-state index in [1.807, 2.05) is 54.6 Å². The van der Waals surface area contributed by atoms with Crippen molar-refractivity contribution in [3.8, 4) is 17.4 Å². The molecule has 2 amide bonds. The molecule has 3 aromatic rings. The minimum Gasteiger partial charge on any atom is -0.457 e. The van der Waals surface area contributed by atoms with Crippen molar-refractivity contribution in [1.29, 1.82) is 5.26 Å². The second kappa shape index (κ2) is 9.09. The van der Waals surface area contributed by atoms with E-state index in [1.54, 1.807) is 31.2 Å². The quantitative estimate of drug-likeness (QED) is 0.389. The summed E-state index contributed by atoms with van der Waals surface area (Å²) in [6, 6.07) is 22.3. The zero-order valence-electron chi connectivity index (χ0n) is 17.3. The SMILES string of the molecule is CC1=C(C#N)C(=O)N(CCc2ccccc2)C(=O)/C1=C/c1ccc(-c2ccccc2Cl)o1. The molecule has 0 atom stereocenters. The van der Waals surface area contributed by atoms with Gasteiger partial charge in [-0.05, 0) is 54.8 Å². The Balaban J connectivity index is 1.66. The van der Waals surface area contributed by atoms with Crippen molar-refractivity contribution in [1.82, 2.24) is 4.90 Å². The van der Waals surface area contributed by atoms with Gasteiger partial charge < -0.3 is 4.42 Å². The van der Waals surface area contributed by atoms with E-state index in [9.17, 15) is 14.9 Å². The van der Waals surface area contributed by atoms with E-state index in [0.29, 0.717) is 28.5 Å². The fraction of sp³-hybridized carbons (Fsp3) is 0.115. The van der Waals surface area contributed by atoms with E-state index in [1.165, 1.54) is 0 Å². The summed E-state index contributed by atoms with van der Waals surface area (Å²) < 4.78 is 5.89. The van der Waals surface area contributed by atoms with Gasteiger partial charge in [0, 0.05) is 17.7 Å². The van der Waals surface area contributed by atoms with Crippen molar-refractivity contribution in [3.63, 3.8) is 0 Å². The lowest BCUT2D eigenvalue weighted by Gasteiger charge is -2.27. The third-order valence-corrected chi connectivity index (χ3v) is 5.67. The highest BCUT2D eigenvalue weighted by Gasteiger charge is 2.35. The molecule has 1 aromatic heterocycles. The summed E-state index contributed by atoms with van der Waals surface area (Å²) in [7, 11) is 0. The molecule has 5 nitrogen and oxygen atoms in total. The van der Waals surface area contributed by atoms with Gasteiger partial charge in [0.15, 0.2) is 0 Å². The van der Waals surface area contributed by atoms with Gasteiger partial charge in [-0.1, -0.05) is 54.1 Å². The van der Waals surface area contributed by atoms with Gasteiger partial charge in [0.25, 0.3) is 11.8 Å². The lowest BCUT2D eigenvalue weighted by atomic mass is 9.94. The molecule has 0 saturated carbocycles. The van der Waals surface area contributed by atoms with E-state index in [2.05, 4.69) is 0 Å². The first-order valence-corrected chi connectivity index (χ1v) is 10.5. The first-order valence-electron chi connectivity index (χ1n) is 10.1. The van der Waals surface area contributed by atoms with Gasteiger partial charge in [-0.25, -0.2) is 0 Å². The van der Waals surface area contributed by atoms with Crippen LogP contribution in [0.5, 0.6) is 0 Å². The van der Waals surface area contributed by atoms with E-state index in [-0.39, 0.29) is 17.7 Å². The maximum Gasteiger partial charge on any atom is 0.271 e. The van der Waals surface area contributed by atoms with Crippen molar-refractivity contribution in [3.05, 3.63) is 99.8 Å². The minimum atomic E-state index is -0.570. The van der Waals surface area contributed by atoms with Crippen LogP contribution in [-0.2, 0) is 16.0 Å². The molecule has 2 aromatic carbocycles. The summed E-state index contributed by atoms with van der Waals surface area (Å²) in [6.07, 6.45) is 2.07. The van der Waals surface area contributed by atoms with Crippen molar-refractivity contribution < 1.29 is 14.0 Å². The number of carbonyl (C=O) groups is 2. The summed E-state index contributed by atoms with van der Waals surface area (Å²) in [5.41, 5.74) is 2.29.